The Morgan fingerprint density at radius 2 is 1.78 bits per heavy atom. The second kappa shape index (κ2) is 6.07. The highest BCUT2D eigenvalue weighted by molar-refractivity contribution is 6.42. The summed E-state index contributed by atoms with van der Waals surface area (Å²) < 4.78 is 1.19. The first-order chi connectivity index (χ1) is 11.0. The number of aromatic nitrogens is 2. The van der Waals surface area contributed by atoms with E-state index in [2.05, 4.69) is 5.10 Å². The third-order valence-electron chi connectivity index (χ3n) is 3.52. The largest absolute Gasteiger partial charge is 0.383 e. The smallest absolute Gasteiger partial charge is 0.280 e. The van der Waals surface area contributed by atoms with Crippen LogP contribution in [0, 0.1) is 6.92 Å². The zero-order valence-electron chi connectivity index (χ0n) is 12.3. The molecule has 0 unspecified atom stereocenters. The van der Waals surface area contributed by atoms with E-state index in [1.807, 2.05) is 37.3 Å². The number of hydrogen-bond acceptors (Lipinski definition) is 3. The molecule has 4 nitrogen and oxygen atoms in total. The number of benzene rings is 2. The van der Waals surface area contributed by atoms with Crippen LogP contribution < -0.4 is 5.73 Å². The van der Waals surface area contributed by atoms with Crippen LogP contribution in [0.3, 0.4) is 0 Å². The molecule has 3 rings (SSSR count). The lowest BCUT2D eigenvalue weighted by molar-refractivity contribution is 0.0947. The van der Waals surface area contributed by atoms with Crippen LogP contribution >= 0.6 is 23.2 Å². The maximum Gasteiger partial charge on any atom is 0.280 e. The molecular formula is C17H13Cl2N3O. The summed E-state index contributed by atoms with van der Waals surface area (Å²) in [7, 11) is 0. The van der Waals surface area contributed by atoms with Crippen molar-refractivity contribution in [1.29, 1.82) is 0 Å². The fraction of sp³-hybridized carbons (Fsp3) is 0.0588. The first kappa shape index (κ1) is 15.6. The van der Waals surface area contributed by atoms with Crippen LogP contribution in [0.25, 0.3) is 11.1 Å². The molecule has 0 aliphatic heterocycles. The van der Waals surface area contributed by atoms with Crippen molar-refractivity contribution in [2.24, 2.45) is 0 Å². The number of carbonyl (C=O) groups excluding carboxylic acids is 1. The van der Waals surface area contributed by atoms with Crippen LogP contribution in [0.15, 0.2) is 48.5 Å². The molecule has 0 radical (unpaired) electrons. The Morgan fingerprint density at radius 1 is 1.09 bits per heavy atom. The second-order valence-corrected chi connectivity index (χ2v) is 5.87. The van der Waals surface area contributed by atoms with Gasteiger partial charge in [-0.1, -0.05) is 53.5 Å². The van der Waals surface area contributed by atoms with Gasteiger partial charge in [-0.15, -0.1) is 0 Å². The molecule has 0 atom stereocenters. The van der Waals surface area contributed by atoms with E-state index in [0.717, 1.165) is 11.1 Å². The topological polar surface area (TPSA) is 60.9 Å². The molecule has 1 aromatic heterocycles. The van der Waals surface area contributed by atoms with Gasteiger partial charge in [0, 0.05) is 11.1 Å². The maximum atomic E-state index is 12.6. The Labute approximate surface area is 143 Å². The van der Waals surface area contributed by atoms with Crippen molar-refractivity contribution in [3.05, 3.63) is 69.8 Å². The van der Waals surface area contributed by atoms with E-state index in [4.69, 9.17) is 28.9 Å². The van der Waals surface area contributed by atoms with Crippen LogP contribution in [-0.4, -0.2) is 15.7 Å². The molecule has 0 saturated heterocycles. The van der Waals surface area contributed by atoms with Gasteiger partial charge in [-0.25, -0.2) is 0 Å². The number of halogens is 2. The van der Waals surface area contributed by atoms with Gasteiger partial charge in [0.1, 0.15) is 5.82 Å². The molecule has 116 valence electrons. The summed E-state index contributed by atoms with van der Waals surface area (Å²) in [4.78, 5) is 12.6. The molecule has 0 fully saturated rings. The SMILES string of the molecule is Cc1nn(C(=O)c2ccc(Cl)c(Cl)c2)c(N)c1-c1ccccc1. The van der Waals surface area contributed by atoms with Crippen LogP contribution in [0.4, 0.5) is 5.82 Å². The second-order valence-electron chi connectivity index (χ2n) is 5.06. The van der Waals surface area contributed by atoms with E-state index in [9.17, 15) is 4.79 Å². The minimum atomic E-state index is -0.355. The van der Waals surface area contributed by atoms with Crippen LogP contribution in [0.1, 0.15) is 16.1 Å². The predicted octanol–water partition coefficient (Wildman–Crippen LogP) is 4.44. The third kappa shape index (κ3) is 2.83. The van der Waals surface area contributed by atoms with Crippen molar-refractivity contribution in [1.82, 2.24) is 9.78 Å². The van der Waals surface area contributed by atoms with Gasteiger partial charge in [-0.05, 0) is 30.7 Å². The Bertz CT molecular complexity index is 888. The summed E-state index contributed by atoms with van der Waals surface area (Å²) in [5.74, 6) is -0.0591. The van der Waals surface area contributed by atoms with E-state index in [1.54, 1.807) is 12.1 Å². The molecule has 0 bridgehead atoms. The molecule has 2 aromatic carbocycles. The van der Waals surface area contributed by atoms with Crippen molar-refractivity contribution >= 4 is 34.9 Å². The third-order valence-corrected chi connectivity index (χ3v) is 4.26. The van der Waals surface area contributed by atoms with E-state index in [1.165, 1.54) is 10.7 Å². The van der Waals surface area contributed by atoms with E-state index >= 15 is 0 Å². The van der Waals surface area contributed by atoms with Crippen molar-refractivity contribution < 1.29 is 4.79 Å². The van der Waals surface area contributed by atoms with Crippen LogP contribution in [0.5, 0.6) is 0 Å². The number of carbonyl (C=O) groups is 1. The summed E-state index contributed by atoms with van der Waals surface area (Å²) in [6.07, 6.45) is 0. The van der Waals surface area contributed by atoms with Gasteiger partial charge in [0.15, 0.2) is 0 Å². The normalized spacial score (nSPS) is 10.7. The lowest BCUT2D eigenvalue weighted by Gasteiger charge is -2.05. The Kier molecular flexibility index (Phi) is 4.11. The molecule has 0 aliphatic rings. The average Bonchev–Trinajstić information content (AvgIpc) is 2.85. The summed E-state index contributed by atoms with van der Waals surface area (Å²) in [6.45, 7) is 1.82. The van der Waals surface area contributed by atoms with Gasteiger partial charge >= 0.3 is 0 Å². The van der Waals surface area contributed by atoms with E-state index in [0.29, 0.717) is 27.1 Å². The number of rotatable bonds is 2. The van der Waals surface area contributed by atoms with Crippen LogP contribution in [0.2, 0.25) is 10.0 Å². The Hall–Kier alpha value is -2.30. The molecule has 23 heavy (non-hydrogen) atoms. The number of hydrogen-bond donors (Lipinski definition) is 1. The van der Waals surface area contributed by atoms with E-state index < -0.39 is 0 Å². The monoisotopic (exact) mass is 345 g/mol. The fourth-order valence-corrected chi connectivity index (χ4v) is 2.71. The van der Waals surface area contributed by atoms with Crippen molar-refractivity contribution in [2.75, 3.05) is 5.73 Å². The van der Waals surface area contributed by atoms with Gasteiger partial charge in [0.2, 0.25) is 0 Å². The van der Waals surface area contributed by atoms with Crippen molar-refractivity contribution in [3.8, 4) is 11.1 Å². The van der Waals surface area contributed by atoms with Crippen molar-refractivity contribution in [3.63, 3.8) is 0 Å². The summed E-state index contributed by atoms with van der Waals surface area (Å²) in [6, 6.07) is 14.3. The molecule has 3 aromatic rings. The maximum absolute atomic E-state index is 12.6. The molecule has 2 N–H and O–H groups in total. The Balaban J connectivity index is 2.07. The molecule has 0 amide bonds. The standard InChI is InChI=1S/C17H13Cl2N3O/c1-10-15(11-5-3-2-4-6-11)16(20)22(21-10)17(23)12-7-8-13(18)14(19)9-12/h2-9H,20H2,1H3. The quantitative estimate of drug-likeness (QED) is 0.746. The van der Waals surface area contributed by atoms with Gasteiger partial charge in [-0.3, -0.25) is 4.79 Å². The van der Waals surface area contributed by atoms with Gasteiger partial charge in [-0.2, -0.15) is 9.78 Å². The molecular weight excluding hydrogens is 333 g/mol. The first-order valence-corrected chi connectivity index (χ1v) is 7.65. The first-order valence-electron chi connectivity index (χ1n) is 6.89. The number of nitrogen functional groups attached to an aromatic ring is 1. The zero-order chi connectivity index (χ0) is 16.6. The average molecular weight is 346 g/mol. The highest BCUT2D eigenvalue weighted by Crippen LogP contribution is 2.30. The predicted molar refractivity (Wildman–Crippen MR) is 93.0 cm³/mol. The zero-order valence-corrected chi connectivity index (χ0v) is 13.8. The van der Waals surface area contributed by atoms with E-state index in [-0.39, 0.29) is 5.91 Å². The Morgan fingerprint density at radius 3 is 2.43 bits per heavy atom. The fourth-order valence-electron chi connectivity index (χ4n) is 2.41. The molecule has 6 heteroatoms. The minimum absolute atomic E-state index is 0.296. The number of nitrogens with two attached hydrogens (primary N) is 1. The minimum Gasteiger partial charge on any atom is -0.383 e. The van der Waals surface area contributed by atoms with Gasteiger partial charge < -0.3 is 5.73 Å². The summed E-state index contributed by atoms with van der Waals surface area (Å²) >= 11 is 11.9. The molecule has 1 heterocycles. The lowest BCUT2D eigenvalue weighted by atomic mass is 10.1. The summed E-state index contributed by atoms with van der Waals surface area (Å²) in [5.41, 5.74) is 8.88. The van der Waals surface area contributed by atoms with Gasteiger partial charge in [0.25, 0.3) is 5.91 Å². The highest BCUT2D eigenvalue weighted by atomic mass is 35.5. The lowest BCUT2D eigenvalue weighted by Crippen LogP contribution is -2.16. The number of anilines is 1. The number of nitrogens with zero attached hydrogens (tertiary/aromatic N) is 2. The molecule has 0 spiro atoms. The number of aryl methyl sites for hydroxylation is 1. The molecule has 0 aliphatic carbocycles. The van der Waals surface area contributed by atoms with Crippen LogP contribution in [-0.2, 0) is 0 Å². The van der Waals surface area contributed by atoms with Crippen molar-refractivity contribution in [2.45, 2.75) is 6.92 Å². The highest BCUT2D eigenvalue weighted by Gasteiger charge is 2.20. The van der Waals surface area contributed by atoms with Gasteiger partial charge in [0.05, 0.1) is 15.7 Å². The molecule has 0 saturated carbocycles. The summed E-state index contributed by atoms with van der Waals surface area (Å²) in [5, 5.41) is 4.98.